The van der Waals surface area contributed by atoms with E-state index in [0.29, 0.717) is 0 Å². The highest BCUT2D eigenvalue weighted by molar-refractivity contribution is 6.69. The molecule has 0 spiro atoms. The maximum atomic E-state index is 6.53. The van der Waals surface area contributed by atoms with E-state index in [1.165, 1.54) is 28.3 Å². The lowest BCUT2D eigenvalue weighted by atomic mass is 9.73. The topological polar surface area (TPSA) is 9.23 Å². The molecule has 1 aliphatic rings. The van der Waals surface area contributed by atoms with Crippen molar-refractivity contribution in [3.05, 3.63) is 54.6 Å². The molecule has 0 unspecified atom stereocenters. The molecule has 0 amide bonds. The third kappa shape index (κ3) is 2.83. The van der Waals surface area contributed by atoms with Crippen molar-refractivity contribution in [3.63, 3.8) is 0 Å². The molecule has 1 fully saturated rings. The summed E-state index contributed by atoms with van der Waals surface area (Å²) in [4.78, 5) is 0. The third-order valence-corrected chi connectivity index (χ3v) is 5.31. The van der Waals surface area contributed by atoms with Crippen LogP contribution in [0.3, 0.4) is 0 Å². The van der Waals surface area contributed by atoms with Gasteiger partial charge in [-0.2, -0.15) is 0 Å². The fourth-order valence-electron chi connectivity index (χ4n) is 3.19. The Hall–Kier alpha value is -1.38. The first-order valence-corrected chi connectivity index (χ1v) is 11.2. The molecule has 0 N–H and O–H groups in total. The van der Waals surface area contributed by atoms with E-state index >= 15 is 0 Å². The fraction of sp³-hybridized carbons (Fsp3) is 0.368. The van der Waals surface area contributed by atoms with E-state index in [2.05, 4.69) is 68.7 Å². The lowest BCUT2D eigenvalue weighted by Gasteiger charge is -2.47. The Morgan fingerprint density at radius 1 is 1.05 bits per heavy atom. The molecule has 2 aromatic rings. The van der Waals surface area contributed by atoms with Crippen molar-refractivity contribution >= 4 is 24.7 Å². The lowest BCUT2D eigenvalue weighted by Crippen LogP contribution is -2.48. The number of fused-ring (bicyclic) bond motifs is 1. The minimum Gasteiger partial charge on any atom is -0.408 e. The predicted molar refractivity (Wildman–Crippen MR) is 94.0 cm³/mol. The van der Waals surface area contributed by atoms with Gasteiger partial charge < -0.3 is 4.43 Å². The van der Waals surface area contributed by atoms with Gasteiger partial charge in [-0.3, -0.25) is 0 Å². The number of benzene rings is 2. The summed E-state index contributed by atoms with van der Waals surface area (Å²) in [5, 5.41) is 2.56. The number of rotatable bonds is 4. The second kappa shape index (κ2) is 5.11. The minimum absolute atomic E-state index is 0.104. The average molecular weight is 296 g/mol. The van der Waals surface area contributed by atoms with E-state index in [1.54, 1.807) is 0 Å². The van der Waals surface area contributed by atoms with Gasteiger partial charge in [0, 0.05) is 0 Å². The molecule has 2 heteroatoms. The first-order chi connectivity index (χ1) is 9.90. The first kappa shape index (κ1) is 14.5. The van der Waals surface area contributed by atoms with Crippen LogP contribution in [0.5, 0.6) is 0 Å². The average Bonchev–Trinajstić information content (AvgIpc) is 2.40. The Balaban J connectivity index is 1.95. The number of hydrogen-bond donors (Lipinski definition) is 0. The van der Waals surface area contributed by atoms with Crippen LogP contribution in [0.1, 0.15) is 24.8 Å². The Labute approximate surface area is 128 Å². The highest BCUT2D eigenvalue weighted by Gasteiger charge is 2.44. The largest absolute Gasteiger partial charge is 0.408 e. The highest BCUT2D eigenvalue weighted by atomic mass is 28.4. The molecule has 0 saturated heterocycles. The van der Waals surface area contributed by atoms with Crippen LogP contribution in [0.15, 0.2) is 49.0 Å². The van der Waals surface area contributed by atoms with Crippen LogP contribution in [0.2, 0.25) is 19.6 Å². The van der Waals surface area contributed by atoms with Crippen LogP contribution in [0.4, 0.5) is 0 Å². The van der Waals surface area contributed by atoms with Gasteiger partial charge in [0.2, 0.25) is 0 Å². The van der Waals surface area contributed by atoms with E-state index in [9.17, 15) is 0 Å². The first-order valence-electron chi connectivity index (χ1n) is 7.78. The molecule has 110 valence electrons. The van der Waals surface area contributed by atoms with Crippen molar-refractivity contribution in [2.45, 2.75) is 44.5 Å². The zero-order chi connectivity index (χ0) is 15.1. The minimum atomic E-state index is -1.57. The normalized spacial score (nSPS) is 17.5. The zero-order valence-corrected chi connectivity index (χ0v) is 14.3. The summed E-state index contributed by atoms with van der Waals surface area (Å²) in [5.74, 6) is 0. The standard InChI is InChI=1S/C19H24OSi/c1-15(19(12-7-13-19)20-21(2,3)4)17-11-10-16-8-5-6-9-18(16)14-17/h5-6,8-11,14H,1,7,12-13H2,2-4H3. The van der Waals surface area contributed by atoms with Crippen molar-refractivity contribution in [2.24, 2.45) is 0 Å². The van der Waals surface area contributed by atoms with E-state index in [0.717, 1.165) is 12.8 Å². The van der Waals surface area contributed by atoms with Crippen molar-refractivity contribution in [1.29, 1.82) is 0 Å². The van der Waals surface area contributed by atoms with Crippen LogP contribution in [-0.4, -0.2) is 13.9 Å². The van der Waals surface area contributed by atoms with Crippen molar-refractivity contribution < 1.29 is 4.43 Å². The van der Waals surface area contributed by atoms with Crippen LogP contribution < -0.4 is 0 Å². The molecule has 0 heterocycles. The summed E-state index contributed by atoms with van der Waals surface area (Å²) < 4.78 is 6.53. The summed E-state index contributed by atoms with van der Waals surface area (Å²) >= 11 is 0. The monoisotopic (exact) mass is 296 g/mol. The van der Waals surface area contributed by atoms with Crippen LogP contribution in [0, 0.1) is 0 Å². The smallest absolute Gasteiger partial charge is 0.184 e. The predicted octanol–water partition coefficient (Wildman–Crippen LogP) is 5.63. The SMILES string of the molecule is C=C(c1ccc2ccccc2c1)C1(O[Si](C)(C)C)CCC1. The van der Waals surface area contributed by atoms with Gasteiger partial charge in [-0.25, -0.2) is 0 Å². The molecular formula is C19H24OSi. The van der Waals surface area contributed by atoms with E-state index in [4.69, 9.17) is 4.43 Å². The Kier molecular flexibility index (Phi) is 3.54. The molecule has 0 aliphatic heterocycles. The third-order valence-electron chi connectivity index (χ3n) is 4.31. The summed E-state index contributed by atoms with van der Waals surface area (Å²) in [6.07, 6.45) is 3.48. The van der Waals surface area contributed by atoms with Crippen LogP contribution >= 0.6 is 0 Å². The van der Waals surface area contributed by atoms with Crippen molar-refractivity contribution in [1.82, 2.24) is 0 Å². The van der Waals surface area contributed by atoms with Gasteiger partial charge in [0.25, 0.3) is 0 Å². The van der Waals surface area contributed by atoms with E-state index in [-0.39, 0.29) is 5.60 Å². The summed E-state index contributed by atoms with van der Waals surface area (Å²) in [6, 6.07) is 15.1. The molecular weight excluding hydrogens is 272 g/mol. The number of hydrogen-bond acceptors (Lipinski definition) is 1. The van der Waals surface area contributed by atoms with Gasteiger partial charge in [0.15, 0.2) is 8.32 Å². The molecule has 1 saturated carbocycles. The highest BCUT2D eigenvalue weighted by Crippen LogP contribution is 2.47. The van der Waals surface area contributed by atoms with Gasteiger partial charge in [-0.15, -0.1) is 0 Å². The van der Waals surface area contributed by atoms with Crippen molar-refractivity contribution in [2.75, 3.05) is 0 Å². The molecule has 21 heavy (non-hydrogen) atoms. The zero-order valence-electron chi connectivity index (χ0n) is 13.3. The quantitative estimate of drug-likeness (QED) is 0.665. The van der Waals surface area contributed by atoms with Crippen LogP contribution in [-0.2, 0) is 4.43 Å². The van der Waals surface area contributed by atoms with Gasteiger partial charge in [-0.05, 0) is 66.9 Å². The van der Waals surface area contributed by atoms with Crippen LogP contribution in [0.25, 0.3) is 16.3 Å². The molecule has 2 aromatic carbocycles. The molecule has 1 nitrogen and oxygen atoms in total. The second-order valence-corrected chi connectivity index (χ2v) is 11.5. The van der Waals surface area contributed by atoms with E-state index in [1.807, 2.05) is 0 Å². The second-order valence-electron chi connectivity index (χ2n) is 7.10. The maximum Gasteiger partial charge on any atom is 0.184 e. The molecule has 0 atom stereocenters. The Bertz CT molecular complexity index is 677. The lowest BCUT2D eigenvalue weighted by molar-refractivity contribution is 0.0432. The van der Waals surface area contributed by atoms with E-state index < -0.39 is 8.32 Å². The molecule has 0 aromatic heterocycles. The summed E-state index contributed by atoms with van der Waals surface area (Å²) in [6.45, 7) is 11.2. The molecule has 0 radical (unpaired) electrons. The molecule has 0 bridgehead atoms. The molecule has 3 rings (SSSR count). The van der Waals surface area contributed by atoms with Gasteiger partial charge in [-0.1, -0.05) is 43.0 Å². The van der Waals surface area contributed by atoms with Gasteiger partial charge in [0.1, 0.15) is 0 Å². The summed E-state index contributed by atoms with van der Waals surface area (Å²) in [7, 11) is -1.57. The summed E-state index contributed by atoms with van der Waals surface area (Å²) in [5.41, 5.74) is 2.29. The van der Waals surface area contributed by atoms with Gasteiger partial charge in [0.05, 0.1) is 5.60 Å². The van der Waals surface area contributed by atoms with Gasteiger partial charge >= 0.3 is 0 Å². The maximum absolute atomic E-state index is 6.53. The Morgan fingerprint density at radius 2 is 1.71 bits per heavy atom. The van der Waals surface area contributed by atoms with Crippen molar-refractivity contribution in [3.8, 4) is 0 Å². The molecule has 1 aliphatic carbocycles. The Morgan fingerprint density at radius 3 is 2.29 bits per heavy atom. The fourth-order valence-corrected chi connectivity index (χ4v) is 4.69.